The van der Waals surface area contributed by atoms with E-state index in [9.17, 15) is 19.2 Å². The lowest BCUT2D eigenvalue weighted by atomic mass is 9.88. The summed E-state index contributed by atoms with van der Waals surface area (Å²) in [7, 11) is 2.96. The highest BCUT2D eigenvalue weighted by molar-refractivity contribution is 7.11. The lowest BCUT2D eigenvalue weighted by Crippen LogP contribution is -2.49. The molecule has 1 aromatic rings. The van der Waals surface area contributed by atoms with Gasteiger partial charge in [0.2, 0.25) is 5.78 Å². The number of nitrogens with one attached hydrogen (secondary N) is 2. The van der Waals surface area contributed by atoms with E-state index >= 15 is 0 Å². The fraction of sp³-hybridized carbons (Fsp3) is 0.703. The molecule has 0 spiro atoms. The van der Waals surface area contributed by atoms with Crippen molar-refractivity contribution in [1.82, 2.24) is 30.5 Å². The van der Waals surface area contributed by atoms with Gasteiger partial charge in [0.1, 0.15) is 17.2 Å². The van der Waals surface area contributed by atoms with E-state index < -0.39 is 35.5 Å². The summed E-state index contributed by atoms with van der Waals surface area (Å²) in [5.74, 6) is 0.295. The maximum Gasteiger partial charge on any atom is 0.408 e. The maximum absolute atomic E-state index is 12.8. The molecule has 0 bridgehead atoms. The molecular formula is C37H62N6O7S. The van der Waals surface area contributed by atoms with Gasteiger partial charge in [-0.1, -0.05) is 13.2 Å². The Morgan fingerprint density at radius 3 is 1.61 bits per heavy atom. The molecule has 3 heterocycles. The van der Waals surface area contributed by atoms with Gasteiger partial charge in [0, 0.05) is 56.2 Å². The summed E-state index contributed by atoms with van der Waals surface area (Å²) in [5, 5.41) is 8.81. The number of hydrogen-bond donors (Lipinski definition) is 2. The van der Waals surface area contributed by atoms with Gasteiger partial charge < -0.3 is 29.9 Å². The molecule has 0 aliphatic carbocycles. The molecule has 3 amide bonds. The van der Waals surface area contributed by atoms with E-state index in [1.807, 2.05) is 13.8 Å². The predicted molar refractivity (Wildman–Crippen MR) is 200 cm³/mol. The molecule has 1 aromatic heterocycles. The number of hydroxylamine groups is 2. The van der Waals surface area contributed by atoms with E-state index in [1.54, 1.807) is 53.1 Å². The zero-order chi connectivity index (χ0) is 38.5. The average Bonchev–Trinajstić information content (AvgIpc) is 3.57. The maximum atomic E-state index is 12.8. The number of nitrogens with zero attached hydrogens (tertiary/aromatic N) is 4. The zero-order valence-electron chi connectivity index (χ0n) is 32.5. The molecule has 2 saturated heterocycles. The topological polar surface area (TPSA) is 143 Å². The third-order valence-electron chi connectivity index (χ3n) is 8.67. The van der Waals surface area contributed by atoms with Crippen LogP contribution in [0.5, 0.6) is 0 Å². The summed E-state index contributed by atoms with van der Waals surface area (Å²) in [5.41, 5.74) is 0.923. The number of alkyl carbamates (subject to hydrolysis) is 2. The molecule has 0 saturated carbocycles. The summed E-state index contributed by atoms with van der Waals surface area (Å²) >= 11 is 1.29. The first kappa shape index (κ1) is 43.5. The number of Topliss-reactive ketones (excluding diaryl/α,β-unsaturated/α-hetero) is 1. The van der Waals surface area contributed by atoms with Crippen LogP contribution in [0.15, 0.2) is 36.1 Å². The van der Waals surface area contributed by atoms with E-state index in [2.05, 4.69) is 38.6 Å². The van der Waals surface area contributed by atoms with Crippen molar-refractivity contribution in [2.75, 3.05) is 40.3 Å². The summed E-state index contributed by atoms with van der Waals surface area (Å²) < 4.78 is 10.6. The normalized spacial score (nSPS) is 16.9. The minimum absolute atomic E-state index is 0.145. The van der Waals surface area contributed by atoms with Crippen LogP contribution in [0, 0.1) is 11.8 Å². The lowest BCUT2D eigenvalue weighted by Gasteiger charge is -2.35. The number of piperidine rings is 2. The number of rotatable bonds is 12. The fourth-order valence-electron chi connectivity index (χ4n) is 5.92. The Labute approximate surface area is 309 Å². The summed E-state index contributed by atoms with van der Waals surface area (Å²) in [6.45, 7) is 26.5. The molecule has 0 radical (unpaired) electrons. The second kappa shape index (κ2) is 19.8. The number of ketones is 1. The number of hydrogen-bond acceptors (Lipinski definition) is 11. The van der Waals surface area contributed by atoms with Crippen molar-refractivity contribution in [1.29, 1.82) is 0 Å². The van der Waals surface area contributed by atoms with Crippen LogP contribution in [-0.4, -0.2) is 107 Å². The number of thiazole rings is 1. The summed E-state index contributed by atoms with van der Waals surface area (Å²) in [6.07, 6.45) is 5.49. The van der Waals surface area contributed by atoms with Crippen LogP contribution in [0.4, 0.5) is 9.59 Å². The minimum Gasteiger partial charge on any atom is -0.444 e. The van der Waals surface area contributed by atoms with Gasteiger partial charge in [-0.05, 0) is 106 Å². The number of likely N-dealkylation sites (N-methyl/N-ethyl adjacent to an activating group) is 1. The molecule has 13 nitrogen and oxygen atoms in total. The largest absolute Gasteiger partial charge is 0.444 e. The molecule has 0 aromatic carbocycles. The van der Waals surface area contributed by atoms with E-state index in [-0.39, 0.29) is 11.7 Å². The molecule has 2 atom stereocenters. The lowest BCUT2D eigenvalue weighted by molar-refractivity contribution is -0.171. The van der Waals surface area contributed by atoms with Crippen molar-refractivity contribution in [2.24, 2.45) is 11.8 Å². The molecule has 51 heavy (non-hydrogen) atoms. The third-order valence-corrected chi connectivity index (χ3v) is 9.46. The summed E-state index contributed by atoms with van der Waals surface area (Å²) in [4.78, 5) is 63.2. The smallest absolute Gasteiger partial charge is 0.408 e. The van der Waals surface area contributed by atoms with Crippen molar-refractivity contribution in [3.63, 3.8) is 0 Å². The van der Waals surface area contributed by atoms with E-state index in [0.29, 0.717) is 29.7 Å². The molecule has 2 N–H and O–H groups in total. The Kier molecular flexibility index (Phi) is 16.9. The van der Waals surface area contributed by atoms with Gasteiger partial charge in [-0.25, -0.2) is 19.6 Å². The van der Waals surface area contributed by atoms with Crippen LogP contribution in [-0.2, 0) is 19.1 Å². The molecule has 2 fully saturated rings. The highest BCUT2D eigenvalue weighted by Gasteiger charge is 2.32. The Morgan fingerprint density at radius 1 is 0.843 bits per heavy atom. The van der Waals surface area contributed by atoms with E-state index in [1.165, 1.54) is 25.5 Å². The van der Waals surface area contributed by atoms with Crippen LogP contribution >= 0.6 is 11.3 Å². The second-order valence-corrected chi connectivity index (χ2v) is 16.3. The molecule has 288 valence electrons. The Balaban J connectivity index is 0.000000354. The summed E-state index contributed by atoms with van der Waals surface area (Å²) in [6, 6.07) is -1.28. The van der Waals surface area contributed by atoms with Crippen LogP contribution in [0.1, 0.15) is 104 Å². The van der Waals surface area contributed by atoms with Crippen molar-refractivity contribution in [3.05, 3.63) is 41.1 Å². The molecular weight excluding hydrogens is 673 g/mol. The SMILES string of the molecule is C=C(C)N1CCC(C[C@H](NC(=O)OC(C)(C)C)C(=O)N(C)OC)CC1.C=C(C)N1CCC(C[C@H](NC(=O)OC(C)(C)C)C(=O)c2nccs2)CC1. The fourth-order valence-corrected chi connectivity index (χ4v) is 6.55. The Morgan fingerprint density at radius 2 is 1.25 bits per heavy atom. The van der Waals surface area contributed by atoms with Crippen LogP contribution < -0.4 is 10.6 Å². The van der Waals surface area contributed by atoms with Crippen LogP contribution in [0.2, 0.25) is 0 Å². The Bertz CT molecular complexity index is 1310. The monoisotopic (exact) mass is 734 g/mol. The predicted octanol–water partition coefficient (Wildman–Crippen LogP) is 6.39. The highest BCUT2D eigenvalue weighted by atomic mass is 32.1. The van der Waals surface area contributed by atoms with E-state index in [4.69, 9.17) is 14.3 Å². The molecule has 14 heteroatoms. The van der Waals surface area contributed by atoms with Gasteiger partial charge in [0.05, 0.1) is 13.2 Å². The van der Waals surface area contributed by atoms with Crippen molar-refractivity contribution in [2.45, 2.75) is 117 Å². The number of aromatic nitrogens is 1. The number of amides is 3. The molecule has 2 aliphatic heterocycles. The first-order chi connectivity index (χ1) is 23.7. The molecule has 2 aliphatic rings. The number of ether oxygens (including phenoxy) is 2. The van der Waals surface area contributed by atoms with Gasteiger partial charge in [-0.15, -0.1) is 11.3 Å². The highest BCUT2D eigenvalue weighted by Crippen LogP contribution is 2.26. The Hall–Kier alpha value is -3.65. The first-order valence-corrected chi connectivity index (χ1v) is 18.6. The van der Waals surface area contributed by atoms with Gasteiger partial charge >= 0.3 is 12.2 Å². The second-order valence-electron chi connectivity index (χ2n) is 15.4. The third kappa shape index (κ3) is 16.1. The quantitative estimate of drug-likeness (QED) is 0.183. The van der Waals surface area contributed by atoms with E-state index in [0.717, 1.165) is 68.3 Å². The van der Waals surface area contributed by atoms with Gasteiger partial charge in [-0.3, -0.25) is 14.4 Å². The van der Waals surface area contributed by atoms with Crippen LogP contribution in [0.3, 0.4) is 0 Å². The minimum atomic E-state index is -0.666. The number of carbonyl (C=O) groups excluding carboxylic acids is 4. The number of likely N-dealkylation sites (tertiary alicyclic amines) is 2. The standard InChI is InChI=1S/C19H29N3O3S.C18H33N3O4/c1-13(2)22-9-6-14(7-10-22)12-15(16(23)17-20-8-11-26-17)21-18(24)25-19(3,4)5;1-13(2)21-10-8-14(9-11-21)12-15(16(22)20(6)24-7)19-17(23)25-18(3,4)5/h8,11,14-15H,1,6-7,9-10,12H2,2-5H3,(H,21,24);14-15H,1,8-12H2,2-7H3,(H,19,23)/t2*15-/m00/s1. The number of carbonyl (C=O) groups is 4. The van der Waals surface area contributed by atoms with Gasteiger partial charge in [0.25, 0.3) is 5.91 Å². The first-order valence-electron chi connectivity index (χ1n) is 17.7. The van der Waals surface area contributed by atoms with Gasteiger partial charge in [-0.2, -0.15) is 0 Å². The van der Waals surface area contributed by atoms with Crippen molar-refractivity contribution < 1.29 is 33.5 Å². The van der Waals surface area contributed by atoms with Crippen molar-refractivity contribution >= 4 is 35.2 Å². The average molecular weight is 735 g/mol. The molecule has 3 rings (SSSR count). The molecule has 0 unspecified atom stereocenters. The number of allylic oxidation sites excluding steroid dienone is 2. The van der Waals surface area contributed by atoms with Crippen LogP contribution in [0.25, 0.3) is 0 Å². The van der Waals surface area contributed by atoms with Gasteiger partial charge in [0.15, 0.2) is 5.01 Å². The zero-order valence-corrected chi connectivity index (χ0v) is 33.3. The van der Waals surface area contributed by atoms with Crippen molar-refractivity contribution in [3.8, 4) is 0 Å².